The molecule has 0 radical (unpaired) electrons. The number of hydrogen-bond donors (Lipinski definition) is 0. The fraction of sp³-hybridized carbons (Fsp3) is 0.207. The van der Waals surface area contributed by atoms with Crippen molar-refractivity contribution < 1.29 is 20.8 Å². The summed E-state index contributed by atoms with van der Waals surface area (Å²) < 4.78 is 0. The van der Waals surface area contributed by atoms with Crippen LogP contribution in [0.5, 0.6) is 0 Å². The number of unbranched alkanes of at least 4 members (excludes halogenated alkanes) is 1. The zero-order chi connectivity index (χ0) is 22.8. The normalized spacial score (nSPS) is 16.8. The minimum atomic E-state index is -0.826. The molecule has 0 fully saturated rings. The Bertz CT molecular complexity index is 1050. The van der Waals surface area contributed by atoms with Gasteiger partial charge in [0.15, 0.2) is 0 Å². The first-order chi connectivity index (χ1) is 15.7. The molecule has 2 aliphatic carbocycles. The van der Waals surface area contributed by atoms with Crippen molar-refractivity contribution in [1.82, 2.24) is 0 Å². The van der Waals surface area contributed by atoms with Crippen LogP contribution < -0.4 is 0 Å². The van der Waals surface area contributed by atoms with Crippen LogP contribution in [0.1, 0.15) is 65.0 Å². The van der Waals surface area contributed by atoms with E-state index in [1.54, 1.807) is 0 Å². The van der Waals surface area contributed by atoms with Crippen molar-refractivity contribution in [2.45, 2.75) is 38.0 Å². The number of aryl methyl sites for hydroxylation is 1. The molecule has 2 atom stereocenters. The molecule has 0 saturated heterocycles. The van der Waals surface area contributed by atoms with Gasteiger partial charge in [-0.1, -0.05) is 98.5 Å². The van der Waals surface area contributed by atoms with E-state index in [1.165, 1.54) is 46.2 Å². The second-order valence-electron chi connectivity index (χ2n) is 7.88. The van der Waals surface area contributed by atoms with Gasteiger partial charge in [0.2, 0.25) is 0 Å². The van der Waals surface area contributed by atoms with Crippen LogP contribution in [0.3, 0.4) is 0 Å². The number of hydrogen-bond acceptors (Lipinski definition) is 0. The fourth-order valence-corrected chi connectivity index (χ4v) is 4.10. The molecule has 0 N–H and O–H groups in total. The summed E-state index contributed by atoms with van der Waals surface area (Å²) in [6.07, 6.45) is 12.4. The summed E-state index contributed by atoms with van der Waals surface area (Å²) in [5.74, 6) is 0.794. The van der Waals surface area contributed by atoms with Gasteiger partial charge in [0.1, 0.15) is 0 Å². The predicted octanol–water partition coefficient (Wildman–Crippen LogP) is 9.00. The Morgan fingerprint density at radius 3 is 2.22 bits per heavy atom. The van der Waals surface area contributed by atoms with E-state index in [-0.39, 0.29) is 0 Å². The van der Waals surface area contributed by atoms with Crippen LogP contribution in [0, 0.1) is 13.0 Å². The van der Waals surface area contributed by atoms with E-state index in [9.17, 15) is 0 Å². The zero-order valence-corrected chi connectivity index (χ0v) is 22.4. The summed E-state index contributed by atoms with van der Waals surface area (Å²) in [7, 11) is 9.87. The first kappa shape index (κ1) is 25.2. The number of rotatable bonds is 4. The molecule has 0 heterocycles. The minimum absolute atomic E-state index is 0.371. The van der Waals surface area contributed by atoms with Gasteiger partial charge in [-0.25, -0.2) is 0 Å². The van der Waals surface area contributed by atoms with Gasteiger partial charge in [-0.15, -0.1) is 17.6 Å². The maximum atomic E-state index is 4.93. The molecule has 0 bridgehead atoms. The third-order valence-corrected chi connectivity index (χ3v) is 5.75. The summed E-state index contributed by atoms with van der Waals surface area (Å²) in [6.45, 7) is 6.23. The molecule has 0 nitrogen and oxygen atoms in total. The van der Waals surface area contributed by atoms with Gasteiger partial charge in [0.05, 0.1) is 0 Å². The predicted molar refractivity (Wildman–Crippen MR) is 136 cm³/mol. The van der Waals surface area contributed by atoms with Crippen molar-refractivity contribution in [2.24, 2.45) is 0 Å². The summed E-state index contributed by atoms with van der Waals surface area (Å²) in [5, 5.41) is 0. The van der Waals surface area contributed by atoms with Crippen LogP contribution in [0.15, 0.2) is 78.9 Å². The van der Waals surface area contributed by atoms with Gasteiger partial charge in [0, 0.05) is 5.92 Å². The molecule has 162 valence electrons. The van der Waals surface area contributed by atoms with E-state index >= 15 is 0 Å². The van der Waals surface area contributed by atoms with Gasteiger partial charge in [-0.05, 0) is 16.7 Å². The van der Waals surface area contributed by atoms with Gasteiger partial charge in [-0.3, -0.25) is 0 Å². The molecule has 32 heavy (non-hydrogen) atoms. The quantitative estimate of drug-likeness (QED) is 0.291. The first-order valence-corrected chi connectivity index (χ1v) is 17.3. The van der Waals surface area contributed by atoms with E-state index in [2.05, 4.69) is 111 Å². The van der Waals surface area contributed by atoms with E-state index in [1.807, 2.05) is 0 Å². The van der Waals surface area contributed by atoms with Crippen LogP contribution >= 0.6 is 17.0 Å². The molecular formula is C29H28Cl2Zr. The molecule has 2 aliphatic rings. The molecule has 0 amide bonds. The van der Waals surface area contributed by atoms with Gasteiger partial charge in [0.25, 0.3) is 0 Å². The summed E-state index contributed by atoms with van der Waals surface area (Å²) in [6, 6.07) is 27.0. The van der Waals surface area contributed by atoms with Crippen molar-refractivity contribution in [1.29, 1.82) is 0 Å². The van der Waals surface area contributed by atoms with Crippen LogP contribution in [0.25, 0.3) is 12.2 Å². The molecule has 3 aromatic rings. The Hall–Kier alpha value is -1.40. The molecule has 2 unspecified atom stereocenters. The molecule has 0 aromatic heterocycles. The Labute approximate surface area is 212 Å². The topological polar surface area (TPSA) is 0 Å². The first-order valence-electron chi connectivity index (χ1n) is 11.0. The maximum absolute atomic E-state index is 4.93. The molecule has 0 aliphatic heterocycles. The Kier molecular flexibility index (Phi) is 10.5. The average molecular weight is 539 g/mol. The monoisotopic (exact) mass is 536 g/mol. The van der Waals surface area contributed by atoms with E-state index in [0.717, 1.165) is 6.42 Å². The van der Waals surface area contributed by atoms with Crippen LogP contribution in [0.2, 0.25) is 0 Å². The molecule has 0 saturated carbocycles. The number of benzene rings is 3. The summed E-state index contributed by atoms with van der Waals surface area (Å²) >= 11 is -0.826. The van der Waals surface area contributed by atoms with Crippen LogP contribution in [0.4, 0.5) is 0 Å². The Morgan fingerprint density at radius 1 is 0.906 bits per heavy atom. The van der Waals surface area contributed by atoms with E-state index in [0.29, 0.717) is 11.8 Å². The summed E-state index contributed by atoms with van der Waals surface area (Å²) in [4.78, 5) is 0. The van der Waals surface area contributed by atoms with E-state index < -0.39 is 20.8 Å². The van der Waals surface area contributed by atoms with Gasteiger partial charge >= 0.3 is 37.9 Å². The zero-order valence-electron chi connectivity index (χ0n) is 18.4. The van der Waals surface area contributed by atoms with Crippen molar-refractivity contribution in [2.75, 3.05) is 0 Å². The number of halogens is 2. The third-order valence-electron chi connectivity index (χ3n) is 5.75. The second-order valence-corrected chi connectivity index (χ2v) is 11.6. The Morgan fingerprint density at radius 2 is 1.53 bits per heavy atom. The summed E-state index contributed by atoms with van der Waals surface area (Å²) in [5.41, 5.74) is 8.19. The molecular weight excluding hydrogens is 510 g/mol. The Balaban J connectivity index is 0.000000186. The van der Waals surface area contributed by atoms with Crippen LogP contribution in [-0.2, 0) is 27.3 Å². The molecule has 3 aromatic carbocycles. The van der Waals surface area contributed by atoms with Crippen molar-refractivity contribution >= 4 is 29.2 Å². The second kappa shape index (κ2) is 13.3. The average Bonchev–Trinajstić information content (AvgIpc) is 3.43. The molecule has 5 rings (SSSR count). The number of allylic oxidation sites excluding steroid dienone is 2. The SMILES string of the molecule is CCCCc1[c-]ccc(C2C=Cc3ccccc32)c1.[CH2-]C1C=Cc2ccccc21.[Cl][Zr+2][Cl]. The molecule has 0 spiro atoms. The van der Waals surface area contributed by atoms with Crippen LogP contribution in [-0.4, -0.2) is 0 Å². The van der Waals surface area contributed by atoms with Crippen molar-refractivity contribution in [3.05, 3.63) is 125 Å². The van der Waals surface area contributed by atoms with Crippen molar-refractivity contribution in [3.63, 3.8) is 0 Å². The number of fused-ring (bicyclic) bond motifs is 2. The third kappa shape index (κ3) is 6.80. The van der Waals surface area contributed by atoms with Crippen molar-refractivity contribution in [3.8, 4) is 0 Å². The fourth-order valence-electron chi connectivity index (χ4n) is 4.10. The standard InChI is InChI=1S/C19H19.C10H9.2ClH.Zr/c1-2-3-7-15-8-6-10-17(14-15)19-13-12-16-9-4-5-11-18(16)19;1-8-6-7-9-4-2-3-5-10(8)9;;;/h4-6,9-14,19H,2-3,7H2,1H3;2-8H,1H2;2*1H;/q2*-1;;;+4/p-2. The van der Waals surface area contributed by atoms with E-state index in [4.69, 9.17) is 17.0 Å². The van der Waals surface area contributed by atoms with Gasteiger partial charge in [-0.2, -0.15) is 29.8 Å². The molecule has 3 heteroatoms. The van der Waals surface area contributed by atoms with Gasteiger partial charge < -0.3 is 6.92 Å².